The second-order valence-electron chi connectivity index (χ2n) is 5.44. The highest BCUT2D eigenvalue weighted by atomic mass is 19.4. The van der Waals surface area contributed by atoms with Gasteiger partial charge in [0.25, 0.3) is 5.56 Å². The quantitative estimate of drug-likeness (QED) is 0.851. The zero-order valence-corrected chi connectivity index (χ0v) is 13.4. The lowest BCUT2D eigenvalue weighted by Crippen LogP contribution is -2.39. The Balaban J connectivity index is 2.57. The number of hydrogen-bond acceptors (Lipinski definition) is 3. The van der Waals surface area contributed by atoms with E-state index in [0.29, 0.717) is 6.54 Å². The van der Waals surface area contributed by atoms with Crippen LogP contribution >= 0.6 is 0 Å². The number of unbranched alkanes of at least 4 members (excludes halogenated alkanes) is 1. The Morgan fingerprint density at radius 3 is 2.62 bits per heavy atom. The molecule has 0 radical (unpaired) electrons. The van der Waals surface area contributed by atoms with Crippen LogP contribution in [0.4, 0.5) is 13.2 Å². The van der Waals surface area contributed by atoms with E-state index < -0.39 is 29.4 Å². The molecule has 1 atom stereocenters. The van der Waals surface area contributed by atoms with Crippen molar-refractivity contribution in [3.63, 3.8) is 0 Å². The molecular formula is C16H18F3N3O2. The number of rotatable bonds is 5. The molecule has 130 valence electrons. The summed E-state index contributed by atoms with van der Waals surface area (Å²) in [5, 5.41) is 2.63. The highest BCUT2D eigenvalue weighted by Crippen LogP contribution is 2.27. The molecule has 0 aliphatic heterocycles. The molecule has 1 amide bonds. The molecule has 1 heterocycles. The molecular weight excluding hydrogens is 323 g/mol. The van der Waals surface area contributed by atoms with Gasteiger partial charge in [-0.25, -0.2) is 4.98 Å². The number of carbonyl (C=O) groups is 1. The van der Waals surface area contributed by atoms with Crippen LogP contribution in [0.15, 0.2) is 29.1 Å². The zero-order chi connectivity index (χ0) is 17.9. The van der Waals surface area contributed by atoms with Crippen LogP contribution in [0.25, 0.3) is 11.0 Å². The van der Waals surface area contributed by atoms with Crippen molar-refractivity contribution in [2.24, 2.45) is 0 Å². The minimum absolute atomic E-state index is 0.0117. The smallest absolute Gasteiger partial charge is 0.354 e. The summed E-state index contributed by atoms with van der Waals surface area (Å²) in [6, 6.07) is 4.87. The first-order chi connectivity index (χ1) is 11.3. The van der Waals surface area contributed by atoms with Gasteiger partial charge in [0.15, 0.2) is 0 Å². The Kier molecular flexibility index (Phi) is 5.26. The second-order valence-corrected chi connectivity index (χ2v) is 5.44. The normalized spacial score (nSPS) is 13.0. The Bertz CT molecular complexity index is 799. The predicted octanol–water partition coefficient (Wildman–Crippen LogP) is 2.89. The van der Waals surface area contributed by atoms with E-state index in [2.05, 4.69) is 10.3 Å². The molecule has 0 bridgehead atoms. The Hall–Kier alpha value is -2.38. The number of para-hydroxylation sites is 2. The third-order valence-electron chi connectivity index (χ3n) is 3.66. The number of nitrogens with one attached hydrogen (secondary N) is 1. The summed E-state index contributed by atoms with van der Waals surface area (Å²) in [6.07, 6.45) is -3.27. The van der Waals surface area contributed by atoms with Crippen molar-refractivity contribution in [2.75, 3.05) is 6.54 Å². The van der Waals surface area contributed by atoms with Crippen LogP contribution in [-0.4, -0.2) is 22.0 Å². The van der Waals surface area contributed by atoms with Crippen LogP contribution in [0, 0.1) is 0 Å². The molecule has 1 aromatic carbocycles. The summed E-state index contributed by atoms with van der Waals surface area (Å²) >= 11 is 0. The molecule has 0 aliphatic rings. The van der Waals surface area contributed by atoms with Gasteiger partial charge in [0.2, 0.25) is 11.6 Å². The molecule has 8 heteroatoms. The molecule has 0 spiro atoms. The number of nitrogens with zero attached hydrogens (tertiary/aromatic N) is 2. The number of halogens is 3. The monoisotopic (exact) mass is 341 g/mol. The van der Waals surface area contributed by atoms with Gasteiger partial charge in [0.05, 0.1) is 11.0 Å². The summed E-state index contributed by atoms with van der Waals surface area (Å²) in [5.41, 5.74) is -2.64. The summed E-state index contributed by atoms with van der Waals surface area (Å²) < 4.78 is 40.1. The van der Waals surface area contributed by atoms with E-state index in [1.54, 1.807) is 6.07 Å². The van der Waals surface area contributed by atoms with E-state index in [9.17, 15) is 22.8 Å². The molecule has 1 unspecified atom stereocenters. The van der Waals surface area contributed by atoms with Crippen molar-refractivity contribution in [1.82, 2.24) is 14.9 Å². The molecule has 1 aromatic heterocycles. The van der Waals surface area contributed by atoms with Gasteiger partial charge in [0, 0.05) is 6.54 Å². The van der Waals surface area contributed by atoms with E-state index >= 15 is 0 Å². The number of carbonyl (C=O) groups excluding carboxylic acids is 1. The third kappa shape index (κ3) is 3.58. The van der Waals surface area contributed by atoms with E-state index in [0.717, 1.165) is 17.4 Å². The minimum Gasteiger partial charge on any atom is -0.354 e. The lowest BCUT2D eigenvalue weighted by Gasteiger charge is -2.19. The lowest BCUT2D eigenvalue weighted by atomic mass is 10.2. The Morgan fingerprint density at radius 1 is 1.33 bits per heavy atom. The molecule has 0 saturated heterocycles. The molecule has 0 fully saturated rings. The largest absolute Gasteiger partial charge is 0.438 e. The molecule has 2 aromatic rings. The van der Waals surface area contributed by atoms with Crippen molar-refractivity contribution in [2.45, 2.75) is 38.9 Å². The van der Waals surface area contributed by atoms with Crippen LogP contribution in [0.2, 0.25) is 0 Å². The highest BCUT2D eigenvalue weighted by Gasteiger charge is 2.38. The van der Waals surface area contributed by atoms with Gasteiger partial charge in [-0.15, -0.1) is 0 Å². The fourth-order valence-corrected chi connectivity index (χ4v) is 2.38. The van der Waals surface area contributed by atoms with Crippen LogP contribution in [0.1, 0.15) is 38.4 Å². The van der Waals surface area contributed by atoms with Gasteiger partial charge in [-0.2, -0.15) is 13.2 Å². The summed E-state index contributed by atoms with van der Waals surface area (Å²) in [7, 11) is 0. The molecule has 5 nitrogen and oxygen atoms in total. The summed E-state index contributed by atoms with van der Waals surface area (Å²) in [6.45, 7) is 3.75. The first kappa shape index (κ1) is 18.0. The van der Waals surface area contributed by atoms with Crippen molar-refractivity contribution < 1.29 is 18.0 Å². The van der Waals surface area contributed by atoms with Crippen LogP contribution < -0.4 is 10.9 Å². The van der Waals surface area contributed by atoms with Crippen molar-refractivity contribution in [1.29, 1.82) is 0 Å². The van der Waals surface area contributed by atoms with Gasteiger partial charge in [-0.3, -0.25) is 14.2 Å². The van der Waals surface area contributed by atoms with Crippen molar-refractivity contribution >= 4 is 16.9 Å². The number of aromatic nitrogens is 2. The Morgan fingerprint density at radius 2 is 2.00 bits per heavy atom. The number of alkyl halides is 3. The highest BCUT2D eigenvalue weighted by molar-refractivity contribution is 5.83. The molecule has 0 saturated carbocycles. The lowest BCUT2D eigenvalue weighted by molar-refractivity contribution is -0.142. The summed E-state index contributed by atoms with van der Waals surface area (Å²) in [5.74, 6) is -0.505. The fourth-order valence-electron chi connectivity index (χ4n) is 2.38. The van der Waals surface area contributed by atoms with Gasteiger partial charge in [0.1, 0.15) is 6.04 Å². The van der Waals surface area contributed by atoms with E-state index in [-0.39, 0.29) is 11.0 Å². The van der Waals surface area contributed by atoms with Crippen LogP contribution in [-0.2, 0) is 11.0 Å². The maximum Gasteiger partial charge on any atom is 0.438 e. The maximum absolute atomic E-state index is 13.1. The van der Waals surface area contributed by atoms with Crippen molar-refractivity contribution in [3.8, 4) is 0 Å². The second kappa shape index (κ2) is 7.02. The maximum atomic E-state index is 13.1. The SMILES string of the molecule is CCCCNC(=O)C(C)n1c(=O)c(C(F)(F)F)nc2ccccc21. The van der Waals surface area contributed by atoms with Gasteiger partial charge < -0.3 is 5.32 Å². The molecule has 1 N–H and O–H groups in total. The average Bonchev–Trinajstić information content (AvgIpc) is 2.52. The minimum atomic E-state index is -4.89. The first-order valence-electron chi connectivity index (χ1n) is 7.63. The third-order valence-corrected chi connectivity index (χ3v) is 3.66. The van der Waals surface area contributed by atoms with E-state index in [4.69, 9.17) is 0 Å². The first-order valence-corrected chi connectivity index (χ1v) is 7.63. The van der Waals surface area contributed by atoms with Gasteiger partial charge >= 0.3 is 6.18 Å². The number of amides is 1. The zero-order valence-electron chi connectivity index (χ0n) is 13.4. The Labute approximate surface area is 136 Å². The number of fused-ring (bicyclic) bond motifs is 1. The molecule has 24 heavy (non-hydrogen) atoms. The van der Waals surface area contributed by atoms with Crippen LogP contribution in [0.5, 0.6) is 0 Å². The fraction of sp³-hybridized carbons (Fsp3) is 0.438. The van der Waals surface area contributed by atoms with Gasteiger partial charge in [-0.1, -0.05) is 25.5 Å². The van der Waals surface area contributed by atoms with E-state index in [1.165, 1.54) is 25.1 Å². The summed E-state index contributed by atoms with van der Waals surface area (Å²) in [4.78, 5) is 27.9. The number of hydrogen-bond donors (Lipinski definition) is 1. The van der Waals surface area contributed by atoms with Gasteiger partial charge in [-0.05, 0) is 25.5 Å². The topological polar surface area (TPSA) is 64.0 Å². The average molecular weight is 341 g/mol. The van der Waals surface area contributed by atoms with Crippen LogP contribution in [0.3, 0.4) is 0 Å². The molecule has 2 rings (SSSR count). The standard InChI is InChI=1S/C16H18F3N3O2/c1-3-4-9-20-14(23)10(2)22-12-8-6-5-7-11(12)21-13(15(22)24)16(17,18)19/h5-8,10H,3-4,9H2,1-2H3,(H,20,23). The van der Waals surface area contributed by atoms with E-state index in [1.807, 2.05) is 6.92 Å². The molecule has 0 aliphatic carbocycles. The van der Waals surface area contributed by atoms with Crippen molar-refractivity contribution in [3.05, 3.63) is 40.3 Å². The number of benzene rings is 1. The predicted molar refractivity (Wildman–Crippen MR) is 83.6 cm³/mol.